The molecule has 0 bridgehead atoms. The Kier molecular flexibility index (Phi) is 6.56. The summed E-state index contributed by atoms with van der Waals surface area (Å²) in [5, 5.41) is 3.69. The normalized spacial score (nSPS) is 13.7. The smallest absolute Gasteiger partial charge is 0.268 e. The lowest BCUT2D eigenvalue weighted by molar-refractivity contribution is -0.115. The molecule has 4 rings (SSSR count). The second-order valence-electron chi connectivity index (χ2n) is 7.50. The van der Waals surface area contributed by atoms with Crippen molar-refractivity contribution in [2.24, 2.45) is 0 Å². The van der Waals surface area contributed by atoms with E-state index in [2.05, 4.69) is 5.32 Å². The average Bonchev–Trinajstić information content (AvgIpc) is 3.19. The second-order valence-corrected chi connectivity index (χ2v) is 11.2. The Balaban J connectivity index is 1.47. The van der Waals surface area contributed by atoms with Gasteiger partial charge in [0.2, 0.25) is 5.91 Å². The molecule has 3 aromatic rings. The van der Waals surface area contributed by atoms with Crippen molar-refractivity contribution in [1.29, 1.82) is 0 Å². The molecule has 0 aliphatic carbocycles. The van der Waals surface area contributed by atoms with Crippen molar-refractivity contribution in [3.8, 4) is 0 Å². The Labute approximate surface area is 199 Å². The SMILES string of the molecule is CCS(=O)(=O)c1ccc(CC(=O)Nc2cc3c(s2)C(=O)N(c2ccccc2Cl)CC3)c(F)c1. The molecule has 2 amide bonds. The maximum absolute atomic E-state index is 14.4. The topological polar surface area (TPSA) is 83.5 Å². The summed E-state index contributed by atoms with van der Waals surface area (Å²) >= 11 is 7.41. The third kappa shape index (κ3) is 4.80. The number of fused-ring (bicyclic) bond motifs is 1. The second kappa shape index (κ2) is 9.24. The van der Waals surface area contributed by atoms with E-state index >= 15 is 0 Å². The highest BCUT2D eigenvalue weighted by atomic mass is 35.5. The Morgan fingerprint density at radius 1 is 1.21 bits per heavy atom. The predicted octanol–water partition coefficient (Wildman–Crippen LogP) is 4.72. The van der Waals surface area contributed by atoms with Gasteiger partial charge in [-0.1, -0.05) is 36.7 Å². The number of thiophene rings is 1. The summed E-state index contributed by atoms with van der Waals surface area (Å²) in [5.41, 5.74) is 1.56. The van der Waals surface area contributed by atoms with Crippen LogP contribution in [0.4, 0.5) is 15.1 Å². The van der Waals surface area contributed by atoms with Crippen LogP contribution in [0.1, 0.15) is 27.7 Å². The summed E-state index contributed by atoms with van der Waals surface area (Å²) < 4.78 is 38.2. The molecule has 33 heavy (non-hydrogen) atoms. The van der Waals surface area contributed by atoms with Crippen LogP contribution in [0.5, 0.6) is 0 Å². The fraction of sp³-hybridized carbons (Fsp3) is 0.217. The first-order valence-corrected chi connectivity index (χ1v) is 13.0. The van der Waals surface area contributed by atoms with Gasteiger partial charge < -0.3 is 10.2 Å². The van der Waals surface area contributed by atoms with Crippen molar-refractivity contribution >= 4 is 55.3 Å². The number of hydrogen-bond acceptors (Lipinski definition) is 5. The van der Waals surface area contributed by atoms with Crippen molar-refractivity contribution in [2.45, 2.75) is 24.7 Å². The molecule has 2 heterocycles. The third-order valence-corrected chi connectivity index (χ3v) is 8.51. The first kappa shape index (κ1) is 23.4. The molecular formula is C23H20ClFN2O4S2. The number of nitrogens with one attached hydrogen (secondary N) is 1. The molecule has 0 spiro atoms. The highest BCUT2D eigenvalue weighted by Gasteiger charge is 2.29. The highest BCUT2D eigenvalue weighted by molar-refractivity contribution is 7.91. The lowest BCUT2D eigenvalue weighted by Crippen LogP contribution is -2.36. The minimum Gasteiger partial charge on any atom is -0.317 e. The summed E-state index contributed by atoms with van der Waals surface area (Å²) in [6.07, 6.45) is 0.348. The molecule has 1 aliphatic heterocycles. The first-order chi connectivity index (χ1) is 15.7. The number of carbonyl (C=O) groups is 2. The van der Waals surface area contributed by atoms with Crippen LogP contribution in [0.3, 0.4) is 0 Å². The molecule has 0 saturated carbocycles. The quantitative estimate of drug-likeness (QED) is 0.524. The Hall–Kier alpha value is -2.75. The van der Waals surface area contributed by atoms with Gasteiger partial charge in [0.25, 0.3) is 5.91 Å². The van der Waals surface area contributed by atoms with Crippen LogP contribution in [-0.2, 0) is 27.5 Å². The minimum absolute atomic E-state index is 0.0878. The molecule has 6 nitrogen and oxygen atoms in total. The molecule has 0 saturated heterocycles. The molecule has 1 aromatic heterocycles. The van der Waals surface area contributed by atoms with E-state index < -0.39 is 21.6 Å². The Morgan fingerprint density at radius 2 is 1.97 bits per heavy atom. The van der Waals surface area contributed by atoms with Gasteiger partial charge in [0.1, 0.15) is 5.82 Å². The molecule has 0 atom stereocenters. The van der Waals surface area contributed by atoms with E-state index in [4.69, 9.17) is 11.6 Å². The zero-order chi connectivity index (χ0) is 23.8. The molecule has 0 unspecified atom stereocenters. The zero-order valence-corrected chi connectivity index (χ0v) is 20.0. The number of benzene rings is 2. The number of amides is 2. The monoisotopic (exact) mass is 506 g/mol. The maximum Gasteiger partial charge on any atom is 0.268 e. The van der Waals surface area contributed by atoms with Crippen LogP contribution in [0.25, 0.3) is 0 Å². The lowest BCUT2D eigenvalue weighted by Gasteiger charge is -2.27. The number of para-hydroxylation sites is 1. The van der Waals surface area contributed by atoms with Gasteiger partial charge in [0.05, 0.1) is 37.7 Å². The summed E-state index contributed by atoms with van der Waals surface area (Å²) in [5.74, 6) is -1.54. The van der Waals surface area contributed by atoms with Crippen LogP contribution in [-0.4, -0.2) is 32.5 Å². The Bertz CT molecular complexity index is 1350. The van der Waals surface area contributed by atoms with Crippen LogP contribution < -0.4 is 10.2 Å². The zero-order valence-electron chi connectivity index (χ0n) is 17.6. The van der Waals surface area contributed by atoms with Gasteiger partial charge >= 0.3 is 0 Å². The van der Waals surface area contributed by atoms with Gasteiger partial charge in [0.15, 0.2) is 9.84 Å². The standard InChI is InChI=1S/C23H20ClFN2O4S2/c1-2-33(30,31)16-8-7-14(18(25)13-16)11-20(28)26-21-12-15-9-10-27(23(29)22(15)32-21)19-6-4-3-5-17(19)24/h3-8,12-13H,2,9-11H2,1H3,(H,26,28). The summed E-state index contributed by atoms with van der Waals surface area (Å²) in [7, 11) is -3.53. The predicted molar refractivity (Wildman–Crippen MR) is 128 cm³/mol. The number of carbonyl (C=O) groups excluding carboxylic acids is 2. The fourth-order valence-electron chi connectivity index (χ4n) is 3.60. The van der Waals surface area contributed by atoms with Crippen LogP contribution in [0, 0.1) is 5.82 Å². The van der Waals surface area contributed by atoms with Gasteiger partial charge in [-0.15, -0.1) is 11.3 Å². The average molecular weight is 507 g/mol. The minimum atomic E-state index is -3.53. The summed E-state index contributed by atoms with van der Waals surface area (Å²) in [6.45, 7) is 1.95. The summed E-state index contributed by atoms with van der Waals surface area (Å²) in [6, 6.07) is 12.4. The maximum atomic E-state index is 14.4. The van der Waals surface area contributed by atoms with Gasteiger partial charge in [-0.25, -0.2) is 12.8 Å². The molecule has 10 heteroatoms. The van der Waals surface area contributed by atoms with Crippen molar-refractivity contribution in [3.05, 3.63) is 75.4 Å². The lowest BCUT2D eigenvalue weighted by atomic mass is 10.1. The molecule has 0 radical (unpaired) electrons. The molecular weight excluding hydrogens is 487 g/mol. The number of nitrogens with zero attached hydrogens (tertiary/aromatic N) is 1. The van der Waals surface area contributed by atoms with Gasteiger partial charge in [-0.05, 0) is 47.9 Å². The van der Waals surface area contributed by atoms with Crippen LogP contribution in [0.2, 0.25) is 5.02 Å². The third-order valence-electron chi connectivity index (χ3n) is 5.37. The van der Waals surface area contributed by atoms with E-state index in [1.165, 1.54) is 19.1 Å². The van der Waals surface area contributed by atoms with E-state index in [1.807, 2.05) is 6.07 Å². The number of hydrogen-bond donors (Lipinski definition) is 1. The highest BCUT2D eigenvalue weighted by Crippen LogP contribution is 2.35. The number of anilines is 2. The van der Waals surface area contributed by atoms with Crippen molar-refractivity contribution < 1.29 is 22.4 Å². The molecule has 0 fully saturated rings. The fourth-order valence-corrected chi connectivity index (χ4v) is 5.81. The number of halogens is 2. The van der Waals surface area contributed by atoms with Gasteiger partial charge in [0, 0.05) is 6.54 Å². The summed E-state index contributed by atoms with van der Waals surface area (Å²) in [4.78, 5) is 27.5. The van der Waals surface area contributed by atoms with Gasteiger partial charge in [-0.2, -0.15) is 0 Å². The van der Waals surface area contributed by atoms with Gasteiger partial charge in [-0.3, -0.25) is 9.59 Å². The molecule has 1 N–H and O–H groups in total. The largest absolute Gasteiger partial charge is 0.317 e. The first-order valence-electron chi connectivity index (χ1n) is 10.2. The van der Waals surface area contributed by atoms with E-state index in [-0.39, 0.29) is 28.5 Å². The van der Waals surface area contributed by atoms with Crippen LogP contribution >= 0.6 is 22.9 Å². The van der Waals surface area contributed by atoms with E-state index in [0.29, 0.717) is 33.6 Å². The van der Waals surface area contributed by atoms with Crippen molar-refractivity contribution in [3.63, 3.8) is 0 Å². The molecule has 172 valence electrons. The molecule has 2 aromatic carbocycles. The van der Waals surface area contributed by atoms with Crippen LogP contribution in [0.15, 0.2) is 53.4 Å². The van der Waals surface area contributed by atoms with E-state index in [9.17, 15) is 22.4 Å². The van der Waals surface area contributed by atoms with Crippen molar-refractivity contribution in [1.82, 2.24) is 0 Å². The number of rotatable bonds is 6. The number of sulfone groups is 1. The van der Waals surface area contributed by atoms with Crippen molar-refractivity contribution in [2.75, 3.05) is 22.5 Å². The molecule has 1 aliphatic rings. The van der Waals surface area contributed by atoms with E-state index in [0.717, 1.165) is 23.0 Å². The Morgan fingerprint density at radius 3 is 2.67 bits per heavy atom. The van der Waals surface area contributed by atoms with E-state index in [1.54, 1.807) is 29.2 Å².